The predicted molar refractivity (Wildman–Crippen MR) is 180 cm³/mol. The highest BCUT2D eigenvalue weighted by Gasteiger charge is 2.70. The predicted octanol–water partition coefficient (Wildman–Crippen LogP) is 10.1. The highest BCUT2D eigenvalue weighted by molar-refractivity contribution is 5.97. The zero-order chi connectivity index (χ0) is 35.1. The van der Waals surface area contributed by atoms with E-state index in [1.54, 1.807) is 0 Å². The van der Waals surface area contributed by atoms with Crippen LogP contribution in [-0.4, -0.2) is 24.1 Å². The minimum atomic E-state index is -4.37. The molecule has 6 rings (SSSR count). The summed E-state index contributed by atoms with van der Waals surface area (Å²) in [6.45, 7) is 18.4. The summed E-state index contributed by atoms with van der Waals surface area (Å²) in [5.41, 5.74) is 0.842. The Kier molecular flexibility index (Phi) is 8.39. The van der Waals surface area contributed by atoms with Gasteiger partial charge < -0.3 is 9.57 Å². The molecule has 0 radical (unpaired) electrons. The Morgan fingerprint density at radius 1 is 0.938 bits per heavy atom. The molecule has 5 aliphatic rings. The van der Waals surface area contributed by atoms with Crippen LogP contribution in [0.5, 0.6) is 0 Å². The number of hydrogen-bond donors (Lipinski definition) is 0. The van der Waals surface area contributed by atoms with Crippen molar-refractivity contribution < 1.29 is 32.3 Å². The molecule has 0 spiro atoms. The van der Waals surface area contributed by atoms with Gasteiger partial charge in [0.2, 0.25) is 0 Å². The van der Waals surface area contributed by atoms with E-state index in [2.05, 4.69) is 53.6 Å². The SMILES string of the molecule is CCOC(=O)[C@@]1(C)CC[C@]2(C)CC[C@]3(C)C(=CC(=O)[C@@H]4[C@@]5(C)CC/C(=N\OCc6ccc(C(F)(F)F)cc6)C(C)(C)[C@@H]5CC[C@]43C)[C@@H]2C1. The molecule has 0 bridgehead atoms. The van der Waals surface area contributed by atoms with Gasteiger partial charge in [-0.05, 0) is 129 Å². The van der Waals surface area contributed by atoms with Gasteiger partial charge in [-0.1, -0.05) is 64.4 Å². The number of hydrogen-bond acceptors (Lipinski definition) is 5. The fourth-order valence-corrected chi connectivity index (χ4v) is 11.6. The average Bonchev–Trinajstić information content (AvgIpc) is 3.00. The Hall–Kier alpha value is -2.64. The van der Waals surface area contributed by atoms with Gasteiger partial charge in [-0.2, -0.15) is 13.2 Å². The number of benzene rings is 1. The van der Waals surface area contributed by atoms with Crippen LogP contribution in [0.1, 0.15) is 124 Å². The van der Waals surface area contributed by atoms with Gasteiger partial charge in [-0.25, -0.2) is 0 Å². The number of ether oxygens (including phenoxy) is 1. The van der Waals surface area contributed by atoms with Gasteiger partial charge >= 0.3 is 12.1 Å². The first kappa shape index (κ1) is 35.2. The number of carbonyl (C=O) groups is 2. The second-order valence-corrected chi connectivity index (χ2v) is 17.7. The monoisotopic (exact) mass is 669 g/mol. The number of halogens is 3. The third-order valence-corrected chi connectivity index (χ3v) is 14.8. The minimum Gasteiger partial charge on any atom is -0.466 e. The second-order valence-electron chi connectivity index (χ2n) is 17.7. The first-order chi connectivity index (χ1) is 22.3. The number of alkyl halides is 3. The van der Waals surface area contributed by atoms with E-state index in [9.17, 15) is 22.8 Å². The fraction of sp³-hybridized carbons (Fsp3) is 0.725. The van der Waals surface area contributed by atoms with Crippen LogP contribution in [0.25, 0.3) is 0 Å². The molecule has 8 atom stereocenters. The summed E-state index contributed by atoms with van der Waals surface area (Å²) in [7, 11) is 0. The number of allylic oxidation sites excluding steroid dienone is 2. The lowest BCUT2D eigenvalue weighted by atomic mass is 9.33. The van der Waals surface area contributed by atoms with Crippen molar-refractivity contribution in [1.82, 2.24) is 0 Å². The summed E-state index contributed by atoms with van der Waals surface area (Å²) in [4.78, 5) is 33.7. The van der Waals surface area contributed by atoms with Gasteiger partial charge in [0, 0.05) is 11.3 Å². The molecule has 0 saturated heterocycles. The van der Waals surface area contributed by atoms with Crippen LogP contribution >= 0.6 is 0 Å². The zero-order valence-electron chi connectivity index (χ0n) is 30.1. The van der Waals surface area contributed by atoms with E-state index in [1.165, 1.54) is 17.7 Å². The third-order valence-electron chi connectivity index (χ3n) is 14.8. The molecular formula is C40H54F3NO4. The summed E-state index contributed by atoms with van der Waals surface area (Å²) >= 11 is 0. The lowest BCUT2D eigenvalue weighted by Gasteiger charge is -2.70. The Morgan fingerprint density at radius 2 is 1.60 bits per heavy atom. The molecule has 0 unspecified atom stereocenters. The smallest absolute Gasteiger partial charge is 0.416 e. The molecule has 5 nitrogen and oxygen atoms in total. The first-order valence-electron chi connectivity index (χ1n) is 18.0. The highest BCUT2D eigenvalue weighted by atomic mass is 19.4. The molecule has 5 aliphatic carbocycles. The summed E-state index contributed by atoms with van der Waals surface area (Å²) in [6, 6.07) is 5.01. The summed E-state index contributed by atoms with van der Waals surface area (Å²) in [5.74, 6) is 0.429. The van der Waals surface area contributed by atoms with E-state index < -0.39 is 17.2 Å². The third kappa shape index (κ3) is 5.20. The number of fused-ring (bicyclic) bond motifs is 7. The summed E-state index contributed by atoms with van der Waals surface area (Å²) in [5, 5.41) is 4.60. The maximum absolute atomic E-state index is 14.7. The van der Waals surface area contributed by atoms with E-state index >= 15 is 0 Å². The van der Waals surface area contributed by atoms with Crippen molar-refractivity contribution in [3.05, 3.63) is 47.0 Å². The Morgan fingerprint density at radius 3 is 2.25 bits per heavy atom. The second kappa shape index (κ2) is 11.4. The maximum Gasteiger partial charge on any atom is 0.416 e. The summed E-state index contributed by atoms with van der Waals surface area (Å²) in [6.07, 6.45) is 5.80. The molecule has 264 valence electrons. The molecule has 0 amide bonds. The quantitative estimate of drug-likeness (QED) is 0.231. The number of oxime groups is 1. The van der Waals surface area contributed by atoms with Crippen LogP contribution in [-0.2, 0) is 31.9 Å². The number of esters is 1. The highest BCUT2D eigenvalue weighted by Crippen LogP contribution is 2.75. The number of carbonyl (C=O) groups excluding carboxylic acids is 2. The van der Waals surface area contributed by atoms with E-state index in [4.69, 9.17) is 9.57 Å². The number of ketones is 1. The van der Waals surface area contributed by atoms with Gasteiger partial charge in [0.25, 0.3) is 0 Å². The van der Waals surface area contributed by atoms with Crippen molar-refractivity contribution in [3.63, 3.8) is 0 Å². The van der Waals surface area contributed by atoms with Crippen LogP contribution in [0.3, 0.4) is 0 Å². The molecular weight excluding hydrogens is 615 g/mol. The molecule has 4 saturated carbocycles. The zero-order valence-corrected chi connectivity index (χ0v) is 30.1. The van der Waals surface area contributed by atoms with Crippen molar-refractivity contribution in [2.24, 2.45) is 55.4 Å². The number of nitrogens with zero attached hydrogens (tertiary/aromatic N) is 1. The topological polar surface area (TPSA) is 65.0 Å². The van der Waals surface area contributed by atoms with Crippen LogP contribution in [0.15, 0.2) is 41.1 Å². The van der Waals surface area contributed by atoms with Gasteiger partial charge in [0.1, 0.15) is 6.61 Å². The normalized spacial score (nSPS) is 41.3. The molecule has 0 heterocycles. The van der Waals surface area contributed by atoms with Crippen LogP contribution in [0, 0.1) is 50.2 Å². The lowest BCUT2D eigenvalue weighted by molar-refractivity contribution is -0.177. The molecule has 48 heavy (non-hydrogen) atoms. The van der Waals surface area contributed by atoms with E-state index in [0.717, 1.165) is 69.2 Å². The molecule has 1 aromatic carbocycles. The van der Waals surface area contributed by atoms with E-state index in [-0.39, 0.29) is 63.2 Å². The van der Waals surface area contributed by atoms with Crippen molar-refractivity contribution in [2.45, 2.75) is 126 Å². The Bertz CT molecular complexity index is 1530. The average molecular weight is 670 g/mol. The first-order valence-corrected chi connectivity index (χ1v) is 18.0. The van der Waals surface area contributed by atoms with E-state index in [0.29, 0.717) is 18.6 Å². The number of rotatable bonds is 5. The largest absolute Gasteiger partial charge is 0.466 e. The van der Waals surface area contributed by atoms with Crippen LogP contribution < -0.4 is 0 Å². The van der Waals surface area contributed by atoms with Gasteiger partial charge in [0.05, 0.1) is 23.3 Å². The Balaban J connectivity index is 1.27. The van der Waals surface area contributed by atoms with Crippen molar-refractivity contribution in [3.8, 4) is 0 Å². The summed E-state index contributed by atoms with van der Waals surface area (Å²) < 4.78 is 44.5. The molecule has 0 aromatic heterocycles. The Labute approximate surface area is 284 Å². The van der Waals surface area contributed by atoms with Crippen molar-refractivity contribution in [1.29, 1.82) is 0 Å². The van der Waals surface area contributed by atoms with Crippen molar-refractivity contribution in [2.75, 3.05) is 6.61 Å². The molecule has 1 aromatic rings. The molecule has 0 aliphatic heterocycles. The minimum absolute atomic E-state index is 0.0699. The van der Waals surface area contributed by atoms with Crippen molar-refractivity contribution >= 4 is 17.5 Å². The standard InChI is InChI=1S/C40H54F3NO4/c1-9-47-33(46)36(5)19-18-35(4)20-21-38(7)27(28(35)23-36)22-29(45)32-37(6)16-15-31(34(2,3)30(37)14-17-39(32,38)8)44-48-24-25-10-12-26(13-11-25)40(41,42)43/h10-13,22,28,30,32H,9,14-21,23-24H2,1-8H3/b44-31+/t28-,30-,32+,35+,36-,37-,38+,39+/m0/s1. The van der Waals surface area contributed by atoms with E-state index in [1.807, 2.05) is 13.0 Å². The molecule has 4 fully saturated rings. The molecule has 8 heteroatoms. The van der Waals surface area contributed by atoms with Gasteiger partial charge in [-0.3, -0.25) is 9.59 Å². The fourth-order valence-electron chi connectivity index (χ4n) is 11.6. The molecule has 0 N–H and O–H groups in total. The maximum atomic E-state index is 14.7. The van der Waals surface area contributed by atoms with Crippen LogP contribution in [0.2, 0.25) is 0 Å². The lowest BCUT2D eigenvalue weighted by Crippen LogP contribution is -2.66. The van der Waals surface area contributed by atoms with Gasteiger partial charge in [-0.15, -0.1) is 0 Å². The van der Waals surface area contributed by atoms with Crippen LogP contribution in [0.4, 0.5) is 13.2 Å². The van der Waals surface area contributed by atoms with Gasteiger partial charge in [0.15, 0.2) is 5.78 Å².